The molecule has 2 nitrogen and oxygen atoms in total. The molecule has 1 N–H and O–H groups in total. The normalized spacial score (nSPS) is 17.7. The van der Waals surface area contributed by atoms with Crippen LogP contribution in [0.1, 0.15) is 42.6 Å². The molecule has 1 fully saturated rings. The Morgan fingerprint density at radius 1 is 1.21 bits per heavy atom. The number of aryl methyl sites for hydroxylation is 2. The Hall–Kier alpha value is -0.670. The van der Waals surface area contributed by atoms with Crippen LogP contribution in [0, 0.1) is 13.8 Å². The first-order valence-electron chi connectivity index (χ1n) is 7.18. The average molecular weight is 281 g/mol. The Morgan fingerprint density at radius 3 is 2.32 bits per heavy atom. The summed E-state index contributed by atoms with van der Waals surface area (Å²) < 4.78 is 5.56. The molecule has 0 bridgehead atoms. The first-order valence-corrected chi connectivity index (χ1v) is 8.91. The van der Waals surface area contributed by atoms with Gasteiger partial charge in [-0.3, -0.25) is 0 Å². The molecule has 1 aromatic carbocycles. The highest BCUT2D eigenvalue weighted by Crippen LogP contribution is 2.29. The number of ether oxygens (including phenoxy) is 1. The van der Waals surface area contributed by atoms with E-state index < -0.39 is 0 Å². The summed E-state index contributed by atoms with van der Waals surface area (Å²) >= 11 is 0. The highest BCUT2D eigenvalue weighted by Gasteiger charge is 2.29. The van der Waals surface area contributed by atoms with E-state index in [1.165, 1.54) is 24.3 Å². The molecule has 1 unspecified atom stereocenters. The van der Waals surface area contributed by atoms with Gasteiger partial charge in [-0.2, -0.15) is 0 Å². The number of aliphatic hydroxyl groups excluding tert-OH is 1. The fraction of sp³-hybridized carbons (Fsp3) is 0.625. The minimum absolute atomic E-state index is 0.308. The van der Waals surface area contributed by atoms with Gasteiger partial charge in [0.05, 0.1) is 6.61 Å². The van der Waals surface area contributed by atoms with Crippen LogP contribution in [0.25, 0.3) is 0 Å². The Labute approximate surface area is 119 Å². The van der Waals surface area contributed by atoms with Crippen molar-refractivity contribution in [2.75, 3.05) is 23.9 Å². The van der Waals surface area contributed by atoms with E-state index in [4.69, 9.17) is 4.74 Å². The van der Waals surface area contributed by atoms with Crippen molar-refractivity contribution in [2.24, 2.45) is 0 Å². The molecule has 1 aliphatic heterocycles. The first-order chi connectivity index (χ1) is 9.11. The van der Waals surface area contributed by atoms with E-state index in [9.17, 15) is 5.11 Å². The summed E-state index contributed by atoms with van der Waals surface area (Å²) in [5, 5.41) is 10.5. The standard InChI is InChI=1S/C16H25O2S/c1-4-18-14-9-12(2)16(13(3)10-14)15(17)11-19-7-5-6-8-19/h9-10,15,17H,4-8,11H2,1-3H3/q+1. The van der Waals surface area contributed by atoms with Gasteiger partial charge in [-0.05, 0) is 73.3 Å². The van der Waals surface area contributed by atoms with E-state index in [2.05, 4.69) is 13.8 Å². The van der Waals surface area contributed by atoms with Gasteiger partial charge in [0, 0.05) is 0 Å². The molecule has 3 heteroatoms. The zero-order valence-corrected chi connectivity index (χ0v) is 13.1. The summed E-state index contributed by atoms with van der Waals surface area (Å²) in [4.78, 5) is 0. The molecule has 0 aromatic heterocycles. The molecule has 0 radical (unpaired) electrons. The lowest BCUT2D eigenvalue weighted by Crippen LogP contribution is -2.18. The van der Waals surface area contributed by atoms with Gasteiger partial charge < -0.3 is 9.84 Å². The molecule has 1 atom stereocenters. The van der Waals surface area contributed by atoms with Gasteiger partial charge in [0.1, 0.15) is 29.1 Å². The average Bonchev–Trinajstić information content (AvgIpc) is 2.81. The number of hydrogen-bond donors (Lipinski definition) is 1. The van der Waals surface area contributed by atoms with E-state index in [1.807, 2.05) is 19.1 Å². The lowest BCUT2D eigenvalue weighted by atomic mass is 9.98. The summed E-state index contributed by atoms with van der Waals surface area (Å²) in [6, 6.07) is 4.10. The lowest BCUT2D eigenvalue weighted by Gasteiger charge is -2.17. The van der Waals surface area contributed by atoms with Crippen LogP contribution in [0.4, 0.5) is 0 Å². The third kappa shape index (κ3) is 3.67. The first kappa shape index (κ1) is 14.7. The summed E-state index contributed by atoms with van der Waals surface area (Å²) in [6.45, 7) is 6.83. The Morgan fingerprint density at radius 2 is 1.79 bits per heavy atom. The Balaban J connectivity index is 2.13. The second-order valence-corrected chi connectivity index (χ2v) is 7.69. The van der Waals surface area contributed by atoms with Crippen molar-refractivity contribution in [1.29, 1.82) is 0 Å². The van der Waals surface area contributed by atoms with Crippen LogP contribution in [0.2, 0.25) is 0 Å². The van der Waals surface area contributed by atoms with Crippen LogP contribution in [0.15, 0.2) is 12.1 Å². The Kier molecular flexibility index (Phi) is 5.17. The molecule has 1 saturated heterocycles. The van der Waals surface area contributed by atoms with Gasteiger partial charge in [-0.15, -0.1) is 0 Å². The number of hydrogen-bond acceptors (Lipinski definition) is 2. The van der Waals surface area contributed by atoms with Gasteiger partial charge in [-0.1, -0.05) is 0 Å². The maximum atomic E-state index is 10.5. The van der Waals surface area contributed by atoms with Crippen molar-refractivity contribution in [2.45, 2.75) is 39.7 Å². The monoisotopic (exact) mass is 281 g/mol. The van der Waals surface area contributed by atoms with Crippen LogP contribution in [-0.4, -0.2) is 29.0 Å². The van der Waals surface area contributed by atoms with E-state index in [0.29, 0.717) is 17.5 Å². The Bertz CT molecular complexity index is 402. The molecule has 0 amide bonds. The predicted molar refractivity (Wildman–Crippen MR) is 83.2 cm³/mol. The van der Waals surface area contributed by atoms with Crippen LogP contribution in [-0.2, 0) is 10.9 Å². The lowest BCUT2D eigenvalue weighted by molar-refractivity contribution is 0.202. The van der Waals surface area contributed by atoms with Gasteiger partial charge >= 0.3 is 0 Å². The molecule has 1 heterocycles. The van der Waals surface area contributed by atoms with Gasteiger partial charge in [0.2, 0.25) is 0 Å². The molecule has 0 saturated carbocycles. The highest BCUT2D eigenvalue weighted by atomic mass is 32.2. The zero-order valence-electron chi connectivity index (χ0n) is 12.2. The van der Waals surface area contributed by atoms with Crippen molar-refractivity contribution < 1.29 is 9.84 Å². The SMILES string of the molecule is CCOc1cc(C)c(C(O)C[S+]2CCCC2)c(C)c1. The molecule has 0 aliphatic carbocycles. The van der Waals surface area contributed by atoms with Crippen LogP contribution in [0.3, 0.4) is 0 Å². The van der Waals surface area contributed by atoms with Crippen LogP contribution < -0.4 is 4.74 Å². The molecule has 1 aliphatic rings. The fourth-order valence-electron chi connectivity index (χ4n) is 2.90. The summed E-state index contributed by atoms with van der Waals surface area (Å²) in [5.41, 5.74) is 3.42. The molecule has 1 aromatic rings. The third-order valence-electron chi connectivity index (χ3n) is 3.72. The van der Waals surface area contributed by atoms with E-state index in [-0.39, 0.29) is 6.10 Å². The fourth-order valence-corrected chi connectivity index (χ4v) is 5.27. The maximum Gasteiger partial charge on any atom is 0.138 e. The summed E-state index contributed by atoms with van der Waals surface area (Å²) in [6.07, 6.45) is 2.38. The predicted octanol–water partition coefficient (Wildman–Crippen LogP) is 3.15. The van der Waals surface area contributed by atoms with Gasteiger partial charge in [-0.25, -0.2) is 0 Å². The minimum atomic E-state index is -0.308. The molecule has 0 spiro atoms. The third-order valence-corrected chi connectivity index (χ3v) is 6.24. The highest BCUT2D eigenvalue weighted by molar-refractivity contribution is 7.97. The summed E-state index contributed by atoms with van der Waals surface area (Å²) in [5.74, 6) is 4.48. The molecular weight excluding hydrogens is 256 g/mol. The van der Waals surface area contributed by atoms with Crippen molar-refractivity contribution in [3.05, 3.63) is 28.8 Å². The van der Waals surface area contributed by atoms with Crippen molar-refractivity contribution in [3.8, 4) is 5.75 Å². The molecule has 2 rings (SSSR count). The van der Waals surface area contributed by atoms with Crippen molar-refractivity contribution >= 4 is 10.9 Å². The number of aliphatic hydroxyl groups is 1. The van der Waals surface area contributed by atoms with Crippen molar-refractivity contribution in [1.82, 2.24) is 0 Å². The van der Waals surface area contributed by atoms with Gasteiger partial charge in [0.15, 0.2) is 0 Å². The maximum absolute atomic E-state index is 10.5. The van der Waals surface area contributed by atoms with E-state index in [1.54, 1.807) is 0 Å². The minimum Gasteiger partial charge on any atom is -0.494 e. The second-order valence-electron chi connectivity index (χ2n) is 5.31. The smallest absolute Gasteiger partial charge is 0.138 e. The molecule has 106 valence electrons. The van der Waals surface area contributed by atoms with Crippen LogP contribution in [0.5, 0.6) is 5.75 Å². The van der Waals surface area contributed by atoms with Crippen molar-refractivity contribution in [3.63, 3.8) is 0 Å². The quantitative estimate of drug-likeness (QED) is 0.840. The topological polar surface area (TPSA) is 29.5 Å². The van der Waals surface area contributed by atoms with Gasteiger partial charge in [0.25, 0.3) is 0 Å². The molecular formula is C16H25O2S+. The number of rotatable bonds is 5. The second kappa shape index (κ2) is 6.67. The van der Waals surface area contributed by atoms with E-state index >= 15 is 0 Å². The zero-order chi connectivity index (χ0) is 13.8. The van der Waals surface area contributed by atoms with E-state index in [0.717, 1.165) is 28.2 Å². The molecule has 19 heavy (non-hydrogen) atoms. The summed E-state index contributed by atoms with van der Waals surface area (Å²) in [7, 11) is 0.436. The van der Waals surface area contributed by atoms with Crippen LogP contribution >= 0.6 is 0 Å². The number of benzene rings is 1. The largest absolute Gasteiger partial charge is 0.494 e.